The third-order valence-corrected chi connectivity index (χ3v) is 6.13. The summed E-state index contributed by atoms with van der Waals surface area (Å²) in [5.74, 6) is -0.254. The van der Waals surface area contributed by atoms with Crippen molar-refractivity contribution in [3.63, 3.8) is 0 Å². The van der Waals surface area contributed by atoms with Gasteiger partial charge in [-0.25, -0.2) is 8.42 Å². The number of carbonyl (C=O) groups is 1. The topological polar surface area (TPSA) is 84.5 Å². The summed E-state index contributed by atoms with van der Waals surface area (Å²) in [6, 6.07) is 18.8. The highest BCUT2D eigenvalue weighted by Gasteiger charge is 2.22. The largest absolute Gasteiger partial charge is 0.495 e. The molecule has 0 unspecified atom stereocenters. The summed E-state index contributed by atoms with van der Waals surface area (Å²) in [4.78, 5) is 12.6. The van der Waals surface area contributed by atoms with Crippen LogP contribution in [0, 0.1) is 6.92 Å². The van der Waals surface area contributed by atoms with E-state index in [-0.39, 0.29) is 16.2 Å². The zero-order valence-electron chi connectivity index (χ0n) is 17.1. The van der Waals surface area contributed by atoms with E-state index in [2.05, 4.69) is 10.0 Å². The summed E-state index contributed by atoms with van der Waals surface area (Å²) in [5, 5.41) is 2.81. The van der Waals surface area contributed by atoms with Gasteiger partial charge >= 0.3 is 0 Å². The fourth-order valence-corrected chi connectivity index (χ4v) is 4.21. The van der Waals surface area contributed by atoms with Crippen LogP contribution < -0.4 is 14.8 Å². The first-order chi connectivity index (χ1) is 14.3. The van der Waals surface area contributed by atoms with Crippen molar-refractivity contribution in [1.29, 1.82) is 0 Å². The third kappa shape index (κ3) is 4.80. The zero-order chi connectivity index (χ0) is 21.7. The fraction of sp³-hybridized carbons (Fsp3) is 0.174. The maximum Gasteiger partial charge on any atom is 0.265 e. The van der Waals surface area contributed by atoms with Crippen molar-refractivity contribution in [3.8, 4) is 5.75 Å². The minimum Gasteiger partial charge on any atom is -0.495 e. The lowest BCUT2D eigenvalue weighted by Crippen LogP contribution is -2.17. The Morgan fingerprint density at radius 3 is 2.33 bits per heavy atom. The van der Waals surface area contributed by atoms with E-state index in [0.29, 0.717) is 11.4 Å². The lowest BCUT2D eigenvalue weighted by atomic mass is 10.1. The quantitative estimate of drug-likeness (QED) is 0.580. The molecule has 156 valence electrons. The van der Waals surface area contributed by atoms with E-state index in [0.717, 1.165) is 17.5 Å². The highest BCUT2D eigenvalue weighted by molar-refractivity contribution is 7.92. The Morgan fingerprint density at radius 1 is 1.00 bits per heavy atom. The van der Waals surface area contributed by atoms with Gasteiger partial charge in [0.15, 0.2) is 0 Å². The van der Waals surface area contributed by atoms with E-state index in [1.54, 1.807) is 18.2 Å². The number of nitrogens with one attached hydrogen (secondary N) is 2. The average Bonchev–Trinajstić information content (AvgIpc) is 2.75. The molecule has 1 amide bonds. The van der Waals surface area contributed by atoms with Crippen LogP contribution >= 0.6 is 0 Å². The summed E-state index contributed by atoms with van der Waals surface area (Å²) in [6.45, 7) is 3.91. The Bertz CT molecular complexity index is 1160. The summed E-state index contributed by atoms with van der Waals surface area (Å²) in [6.07, 6.45) is 0.860. The molecule has 3 rings (SSSR count). The monoisotopic (exact) mass is 424 g/mol. The van der Waals surface area contributed by atoms with Gasteiger partial charge in [0.05, 0.1) is 7.11 Å². The van der Waals surface area contributed by atoms with Crippen LogP contribution in [0.2, 0.25) is 0 Å². The molecule has 0 heterocycles. The second kappa shape index (κ2) is 9.00. The number of aryl methyl sites for hydroxylation is 2. The molecule has 2 N–H and O–H groups in total. The van der Waals surface area contributed by atoms with Gasteiger partial charge in [-0.1, -0.05) is 37.3 Å². The van der Waals surface area contributed by atoms with E-state index in [4.69, 9.17) is 4.74 Å². The maximum absolute atomic E-state index is 13.0. The third-order valence-electron chi connectivity index (χ3n) is 4.72. The molecule has 0 radical (unpaired) electrons. The average molecular weight is 425 g/mol. The summed E-state index contributed by atoms with van der Waals surface area (Å²) < 4.78 is 33.8. The number of anilines is 2. The highest BCUT2D eigenvalue weighted by atomic mass is 32.2. The predicted molar refractivity (Wildman–Crippen MR) is 119 cm³/mol. The minimum atomic E-state index is -3.97. The molecule has 7 heteroatoms. The second-order valence-corrected chi connectivity index (χ2v) is 8.44. The number of methoxy groups -OCH3 is 1. The van der Waals surface area contributed by atoms with Crippen LogP contribution in [-0.2, 0) is 16.4 Å². The minimum absolute atomic E-state index is 0.109. The van der Waals surface area contributed by atoms with Gasteiger partial charge in [-0.2, -0.15) is 0 Å². The number of carbonyl (C=O) groups excluding carboxylic acids is 1. The molecule has 0 aliphatic heterocycles. The van der Waals surface area contributed by atoms with Crippen molar-refractivity contribution in [1.82, 2.24) is 0 Å². The van der Waals surface area contributed by atoms with Crippen molar-refractivity contribution in [2.75, 3.05) is 17.1 Å². The van der Waals surface area contributed by atoms with Crippen molar-refractivity contribution in [2.45, 2.75) is 25.2 Å². The predicted octanol–water partition coefficient (Wildman–Crippen LogP) is 4.62. The number of benzene rings is 3. The normalized spacial score (nSPS) is 11.0. The molecule has 0 aliphatic carbocycles. The van der Waals surface area contributed by atoms with Crippen LogP contribution in [0.15, 0.2) is 71.6 Å². The summed E-state index contributed by atoms with van der Waals surface area (Å²) in [5.41, 5.74) is 3.32. The van der Waals surface area contributed by atoms with Gasteiger partial charge in [0, 0.05) is 16.9 Å². The molecule has 0 bridgehead atoms. The van der Waals surface area contributed by atoms with Crippen LogP contribution in [0.1, 0.15) is 28.4 Å². The highest BCUT2D eigenvalue weighted by Crippen LogP contribution is 2.28. The molecule has 30 heavy (non-hydrogen) atoms. The number of ether oxygens (including phenoxy) is 1. The molecule has 0 spiro atoms. The van der Waals surface area contributed by atoms with Crippen LogP contribution in [0.4, 0.5) is 11.4 Å². The van der Waals surface area contributed by atoms with Crippen molar-refractivity contribution in [2.24, 2.45) is 0 Å². The molecule has 0 atom stereocenters. The van der Waals surface area contributed by atoms with Gasteiger partial charge in [0.2, 0.25) is 0 Å². The number of sulfonamides is 1. The summed E-state index contributed by atoms with van der Waals surface area (Å²) in [7, 11) is -2.58. The lowest BCUT2D eigenvalue weighted by Gasteiger charge is -2.14. The first-order valence-corrected chi connectivity index (χ1v) is 11.0. The van der Waals surface area contributed by atoms with Crippen molar-refractivity contribution in [3.05, 3.63) is 83.4 Å². The first kappa shape index (κ1) is 21.4. The fourth-order valence-electron chi connectivity index (χ4n) is 2.95. The van der Waals surface area contributed by atoms with E-state index < -0.39 is 15.9 Å². The SMILES string of the molecule is CCc1ccc(NS(=O)(=O)c2cc(C(=O)Nc3ccccc3C)ccc2OC)cc1. The summed E-state index contributed by atoms with van der Waals surface area (Å²) >= 11 is 0. The van der Waals surface area contributed by atoms with Crippen LogP contribution in [0.25, 0.3) is 0 Å². The smallest absolute Gasteiger partial charge is 0.265 e. The number of hydrogen-bond donors (Lipinski definition) is 2. The van der Waals surface area contributed by atoms with E-state index in [1.165, 1.54) is 25.3 Å². The van der Waals surface area contributed by atoms with Crippen molar-refractivity contribution >= 4 is 27.3 Å². The molecule has 0 aliphatic rings. The molecular formula is C23H24N2O4S. The molecule has 6 nitrogen and oxygen atoms in total. The lowest BCUT2D eigenvalue weighted by molar-refractivity contribution is 0.102. The molecule has 0 fully saturated rings. The standard InChI is InChI=1S/C23H24N2O4S/c1-4-17-9-12-19(13-10-17)25-30(27,28)22-15-18(11-14-21(22)29-3)23(26)24-20-8-6-5-7-16(20)2/h5-15,25H,4H2,1-3H3,(H,24,26). The van der Waals surface area contributed by atoms with Crippen molar-refractivity contribution < 1.29 is 17.9 Å². The van der Waals surface area contributed by atoms with E-state index >= 15 is 0 Å². The molecule has 0 saturated heterocycles. The Labute approximate surface area is 177 Å². The zero-order valence-corrected chi connectivity index (χ0v) is 17.9. The first-order valence-electron chi connectivity index (χ1n) is 9.51. The van der Waals surface area contributed by atoms with Crippen LogP contribution in [-0.4, -0.2) is 21.4 Å². The van der Waals surface area contributed by atoms with Crippen LogP contribution in [0.3, 0.4) is 0 Å². The van der Waals surface area contributed by atoms with Gasteiger partial charge in [0.25, 0.3) is 15.9 Å². The molecule has 0 aromatic heterocycles. The molecule has 0 saturated carbocycles. The number of amides is 1. The van der Waals surface area contributed by atoms with Gasteiger partial charge < -0.3 is 10.1 Å². The number of para-hydroxylation sites is 1. The second-order valence-electron chi connectivity index (χ2n) is 6.79. The Kier molecular flexibility index (Phi) is 6.42. The molecule has 3 aromatic carbocycles. The Balaban J connectivity index is 1.91. The molecule has 3 aromatic rings. The number of rotatable bonds is 7. The van der Waals surface area contributed by atoms with Gasteiger partial charge in [-0.15, -0.1) is 0 Å². The van der Waals surface area contributed by atoms with E-state index in [9.17, 15) is 13.2 Å². The van der Waals surface area contributed by atoms with Gasteiger partial charge in [-0.05, 0) is 60.9 Å². The number of hydrogen-bond acceptors (Lipinski definition) is 4. The maximum atomic E-state index is 13.0. The van der Waals surface area contributed by atoms with Gasteiger partial charge in [0.1, 0.15) is 10.6 Å². The Morgan fingerprint density at radius 2 is 1.70 bits per heavy atom. The molecular weight excluding hydrogens is 400 g/mol. The Hall–Kier alpha value is -3.32. The van der Waals surface area contributed by atoms with E-state index in [1.807, 2.05) is 44.2 Å². The van der Waals surface area contributed by atoms with Crippen LogP contribution in [0.5, 0.6) is 5.75 Å². The van der Waals surface area contributed by atoms with Gasteiger partial charge in [-0.3, -0.25) is 9.52 Å².